The molecule has 6 heteroatoms. The van der Waals surface area contributed by atoms with Crippen LogP contribution in [0.3, 0.4) is 0 Å². The molecule has 0 bridgehead atoms. The van der Waals surface area contributed by atoms with Crippen LogP contribution in [0.1, 0.15) is 5.56 Å². The average molecular weight is 273 g/mol. The molecule has 0 amide bonds. The van der Waals surface area contributed by atoms with Gasteiger partial charge in [-0.15, -0.1) is 0 Å². The molecule has 0 atom stereocenters. The molecule has 3 rings (SSSR count). The monoisotopic (exact) mass is 273 g/mol. The van der Waals surface area contributed by atoms with Crippen LogP contribution >= 0.6 is 0 Å². The topological polar surface area (TPSA) is 52.5 Å². The van der Waals surface area contributed by atoms with Crippen molar-refractivity contribution >= 4 is 11.0 Å². The quantitative estimate of drug-likeness (QED) is 0.737. The second kappa shape index (κ2) is 4.38. The Balaban J connectivity index is 2.23. The number of imidazole rings is 1. The fourth-order valence-electron chi connectivity index (χ4n) is 1.97. The second-order valence-corrected chi connectivity index (χ2v) is 4.17. The minimum atomic E-state index is -1.04. The zero-order chi connectivity index (χ0) is 14.3. The number of halogens is 3. The SMILES string of the molecule is N#Cc1ccc2nc(-c3c(F)cc(F)cc3F)[nH]c2c1. The highest BCUT2D eigenvalue weighted by molar-refractivity contribution is 5.80. The standard InChI is InChI=1S/C14H6F3N3/c15-8-4-9(16)13(10(17)5-8)14-19-11-2-1-7(6-18)3-12(11)20-14/h1-5H,(H,19,20). The van der Waals surface area contributed by atoms with E-state index < -0.39 is 23.0 Å². The fraction of sp³-hybridized carbons (Fsp3) is 0. The maximum atomic E-state index is 13.7. The van der Waals surface area contributed by atoms with Gasteiger partial charge in [0.1, 0.15) is 23.3 Å². The zero-order valence-corrected chi connectivity index (χ0v) is 9.92. The number of hydrogen-bond acceptors (Lipinski definition) is 2. The van der Waals surface area contributed by atoms with E-state index in [4.69, 9.17) is 5.26 Å². The summed E-state index contributed by atoms with van der Waals surface area (Å²) in [6.07, 6.45) is 0. The third-order valence-electron chi connectivity index (χ3n) is 2.85. The minimum Gasteiger partial charge on any atom is -0.338 e. The number of H-pyrrole nitrogens is 1. The van der Waals surface area contributed by atoms with E-state index in [9.17, 15) is 13.2 Å². The molecule has 3 aromatic rings. The van der Waals surface area contributed by atoms with Gasteiger partial charge in [0, 0.05) is 12.1 Å². The van der Waals surface area contributed by atoms with E-state index in [1.807, 2.05) is 6.07 Å². The van der Waals surface area contributed by atoms with Gasteiger partial charge in [0.15, 0.2) is 0 Å². The van der Waals surface area contributed by atoms with E-state index in [1.165, 1.54) is 6.07 Å². The van der Waals surface area contributed by atoms with Crippen LogP contribution in [0.15, 0.2) is 30.3 Å². The summed E-state index contributed by atoms with van der Waals surface area (Å²) in [5.41, 5.74) is 0.901. The van der Waals surface area contributed by atoms with Gasteiger partial charge >= 0.3 is 0 Å². The number of nitriles is 1. The summed E-state index contributed by atoms with van der Waals surface area (Å²) in [6, 6.07) is 7.76. The first kappa shape index (κ1) is 12.2. The molecule has 0 aliphatic carbocycles. The van der Waals surface area contributed by atoms with Gasteiger partial charge in [-0.1, -0.05) is 0 Å². The molecule has 0 saturated carbocycles. The third kappa shape index (κ3) is 1.89. The Kier molecular flexibility index (Phi) is 2.68. The van der Waals surface area contributed by atoms with Crippen molar-refractivity contribution < 1.29 is 13.2 Å². The minimum absolute atomic E-state index is 0.0508. The lowest BCUT2D eigenvalue weighted by Gasteiger charge is -2.01. The summed E-state index contributed by atoms with van der Waals surface area (Å²) in [6.45, 7) is 0. The van der Waals surface area contributed by atoms with Crippen LogP contribution in [0.5, 0.6) is 0 Å². The molecular weight excluding hydrogens is 267 g/mol. The number of fused-ring (bicyclic) bond motifs is 1. The van der Waals surface area contributed by atoms with Crippen LogP contribution < -0.4 is 0 Å². The predicted octanol–water partition coefficient (Wildman–Crippen LogP) is 3.52. The Hall–Kier alpha value is -2.81. The number of benzene rings is 2. The highest BCUT2D eigenvalue weighted by atomic mass is 19.1. The molecule has 0 fully saturated rings. The number of rotatable bonds is 1. The summed E-state index contributed by atoms with van der Waals surface area (Å²) in [4.78, 5) is 6.77. The van der Waals surface area contributed by atoms with Crippen LogP contribution in [0.4, 0.5) is 13.2 Å². The third-order valence-corrected chi connectivity index (χ3v) is 2.85. The summed E-state index contributed by atoms with van der Waals surface area (Å²) >= 11 is 0. The first-order chi connectivity index (χ1) is 9.58. The Morgan fingerprint density at radius 1 is 1.05 bits per heavy atom. The molecule has 2 aromatic carbocycles. The molecule has 1 aromatic heterocycles. The van der Waals surface area contributed by atoms with Gasteiger partial charge < -0.3 is 4.98 Å². The molecule has 3 nitrogen and oxygen atoms in total. The first-order valence-corrected chi connectivity index (χ1v) is 5.63. The van der Waals surface area contributed by atoms with Gasteiger partial charge in [-0.05, 0) is 18.2 Å². The highest BCUT2D eigenvalue weighted by Crippen LogP contribution is 2.27. The Labute approximate surface area is 111 Å². The molecule has 1 heterocycles. The van der Waals surface area contributed by atoms with Crippen molar-refractivity contribution in [2.24, 2.45) is 0 Å². The van der Waals surface area contributed by atoms with Gasteiger partial charge in [-0.2, -0.15) is 5.26 Å². The van der Waals surface area contributed by atoms with E-state index >= 15 is 0 Å². The lowest BCUT2D eigenvalue weighted by Crippen LogP contribution is -1.93. The molecule has 0 unspecified atom stereocenters. The number of aromatic nitrogens is 2. The highest BCUT2D eigenvalue weighted by Gasteiger charge is 2.17. The Morgan fingerprint density at radius 2 is 1.75 bits per heavy atom. The fourth-order valence-corrected chi connectivity index (χ4v) is 1.97. The summed E-state index contributed by atoms with van der Waals surface area (Å²) in [5, 5.41) is 8.79. The lowest BCUT2D eigenvalue weighted by atomic mass is 10.2. The molecular formula is C14H6F3N3. The zero-order valence-electron chi connectivity index (χ0n) is 9.92. The molecule has 98 valence electrons. The Bertz CT molecular complexity index is 839. The van der Waals surface area contributed by atoms with Gasteiger partial charge in [0.25, 0.3) is 0 Å². The van der Waals surface area contributed by atoms with Crippen LogP contribution in [-0.4, -0.2) is 9.97 Å². The molecule has 0 saturated heterocycles. The molecule has 1 N–H and O–H groups in total. The smallest absolute Gasteiger partial charge is 0.144 e. The van der Waals surface area contributed by atoms with Crippen molar-refractivity contribution in [1.29, 1.82) is 5.26 Å². The molecule has 0 aliphatic rings. The van der Waals surface area contributed by atoms with Crippen molar-refractivity contribution in [3.05, 3.63) is 53.3 Å². The van der Waals surface area contributed by atoms with Crippen molar-refractivity contribution in [1.82, 2.24) is 9.97 Å². The van der Waals surface area contributed by atoms with Crippen LogP contribution in [-0.2, 0) is 0 Å². The normalized spacial score (nSPS) is 10.7. The van der Waals surface area contributed by atoms with Gasteiger partial charge in [0.2, 0.25) is 0 Å². The van der Waals surface area contributed by atoms with Gasteiger partial charge in [-0.25, -0.2) is 18.2 Å². The van der Waals surface area contributed by atoms with E-state index in [-0.39, 0.29) is 5.82 Å². The molecule has 0 spiro atoms. The first-order valence-electron chi connectivity index (χ1n) is 5.63. The van der Waals surface area contributed by atoms with Gasteiger partial charge in [0.05, 0.1) is 28.2 Å². The summed E-state index contributed by atoms with van der Waals surface area (Å²) < 4.78 is 40.2. The van der Waals surface area contributed by atoms with Crippen LogP contribution in [0, 0.1) is 28.8 Å². The number of hydrogen-bond donors (Lipinski definition) is 1. The lowest BCUT2D eigenvalue weighted by molar-refractivity contribution is 0.547. The second-order valence-electron chi connectivity index (χ2n) is 4.17. The van der Waals surface area contributed by atoms with Crippen molar-refractivity contribution in [2.45, 2.75) is 0 Å². The average Bonchev–Trinajstić information content (AvgIpc) is 2.79. The van der Waals surface area contributed by atoms with E-state index in [0.29, 0.717) is 28.7 Å². The van der Waals surface area contributed by atoms with Crippen molar-refractivity contribution in [3.63, 3.8) is 0 Å². The molecule has 0 radical (unpaired) electrons. The molecule has 0 aliphatic heterocycles. The number of nitrogens with zero attached hydrogens (tertiary/aromatic N) is 2. The maximum absolute atomic E-state index is 13.7. The summed E-state index contributed by atoms with van der Waals surface area (Å²) in [5.74, 6) is -3.12. The van der Waals surface area contributed by atoms with E-state index in [2.05, 4.69) is 9.97 Å². The van der Waals surface area contributed by atoms with Crippen molar-refractivity contribution in [3.8, 4) is 17.5 Å². The van der Waals surface area contributed by atoms with Crippen LogP contribution in [0.25, 0.3) is 22.4 Å². The number of nitrogens with one attached hydrogen (secondary N) is 1. The number of aromatic amines is 1. The van der Waals surface area contributed by atoms with E-state index in [1.54, 1.807) is 12.1 Å². The summed E-state index contributed by atoms with van der Waals surface area (Å²) in [7, 11) is 0. The van der Waals surface area contributed by atoms with Crippen LogP contribution in [0.2, 0.25) is 0 Å². The Morgan fingerprint density at radius 3 is 2.40 bits per heavy atom. The molecule has 20 heavy (non-hydrogen) atoms. The largest absolute Gasteiger partial charge is 0.338 e. The van der Waals surface area contributed by atoms with E-state index in [0.717, 1.165) is 0 Å². The predicted molar refractivity (Wildman–Crippen MR) is 66.1 cm³/mol. The van der Waals surface area contributed by atoms with Crippen molar-refractivity contribution in [2.75, 3.05) is 0 Å². The maximum Gasteiger partial charge on any atom is 0.144 e. The van der Waals surface area contributed by atoms with Gasteiger partial charge in [-0.3, -0.25) is 0 Å².